The third-order valence-electron chi connectivity index (χ3n) is 5.08. The lowest BCUT2D eigenvalue weighted by atomic mass is 9.97. The van der Waals surface area contributed by atoms with Gasteiger partial charge in [-0.1, -0.05) is 6.07 Å². The average molecular weight is 354 g/mol. The second kappa shape index (κ2) is 6.44. The third kappa shape index (κ3) is 3.32. The van der Waals surface area contributed by atoms with Gasteiger partial charge in [-0.2, -0.15) is 0 Å². The van der Waals surface area contributed by atoms with Gasteiger partial charge in [0.05, 0.1) is 17.2 Å². The van der Waals surface area contributed by atoms with Crippen LogP contribution in [-0.4, -0.2) is 56.9 Å². The predicted molar refractivity (Wildman–Crippen MR) is 91.5 cm³/mol. The van der Waals surface area contributed by atoms with E-state index in [1.54, 1.807) is 17.9 Å². The van der Waals surface area contributed by atoms with E-state index in [4.69, 9.17) is 0 Å². The van der Waals surface area contributed by atoms with Crippen LogP contribution in [0, 0.1) is 12.7 Å². The highest BCUT2D eigenvalue weighted by Crippen LogP contribution is 2.33. The topological polar surface area (TPSA) is 57.7 Å². The van der Waals surface area contributed by atoms with Gasteiger partial charge in [-0.25, -0.2) is 12.8 Å². The number of nitrogens with zero attached hydrogens (tertiary/aromatic N) is 2. The van der Waals surface area contributed by atoms with Crippen LogP contribution in [0.25, 0.3) is 0 Å². The van der Waals surface area contributed by atoms with Crippen LogP contribution in [0.3, 0.4) is 0 Å². The second-order valence-corrected chi connectivity index (χ2v) is 9.01. The number of halogens is 1. The van der Waals surface area contributed by atoms with E-state index in [1.807, 2.05) is 11.9 Å². The van der Waals surface area contributed by atoms with Gasteiger partial charge in [0, 0.05) is 31.1 Å². The van der Waals surface area contributed by atoms with E-state index in [0.717, 1.165) is 18.4 Å². The van der Waals surface area contributed by atoms with Crippen LogP contribution in [0.15, 0.2) is 12.1 Å². The Labute approximate surface area is 142 Å². The van der Waals surface area contributed by atoms with E-state index in [9.17, 15) is 17.6 Å². The van der Waals surface area contributed by atoms with Gasteiger partial charge in [-0.05, 0) is 38.4 Å². The Kier molecular flexibility index (Phi) is 4.66. The van der Waals surface area contributed by atoms with Crippen molar-refractivity contribution in [3.05, 3.63) is 29.1 Å². The molecule has 0 N–H and O–H groups in total. The van der Waals surface area contributed by atoms with Gasteiger partial charge >= 0.3 is 0 Å². The molecule has 0 radical (unpaired) electrons. The molecule has 1 aromatic rings. The lowest BCUT2D eigenvalue weighted by Crippen LogP contribution is -2.49. The van der Waals surface area contributed by atoms with E-state index in [2.05, 4.69) is 0 Å². The van der Waals surface area contributed by atoms with Crippen molar-refractivity contribution < 1.29 is 17.6 Å². The van der Waals surface area contributed by atoms with Crippen molar-refractivity contribution in [2.24, 2.45) is 0 Å². The summed E-state index contributed by atoms with van der Waals surface area (Å²) in [4.78, 5) is 16.4. The van der Waals surface area contributed by atoms with Crippen molar-refractivity contribution in [2.75, 3.05) is 36.5 Å². The number of hydrogen-bond acceptors (Lipinski definition) is 4. The summed E-state index contributed by atoms with van der Waals surface area (Å²) in [6, 6.07) is 2.88. The zero-order chi connectivity index (χ0) is 17.5. The molecular formula is C17H23FN2O3S. The number of carbonyl (C=O) groups is 1. The van der Waals surface area contributed by atoms with Crippen molar-refractivity contribution >= 4 is 21.4 Å². The normalized spacial score (nSPS) is 23.8. The Hall–Kier alpha value is -1.47. The highest BCUT2D eigenvalue weighted by molar-refractivity contribution is 7.91. The summed E-state index contributed by atoms with van der Waals surface area (Å²) in [7, 11) is -1.24. The first-order valence-corrected chi connectivity index (χ1v) is 10.1. The summed E-state index contributed by atoms with van der Waals surface area (Å²) >= 11 is 0. The molecule has 1 fully saturated rings. The van der Waals surface area contributed by atoms with Crippen molar-refractivity contribution in [1.29, 1.82) is 0 Å². The molecule has 1 amide bonds. The molecule has 132 valence electrons. The van der Waals surface area contributed by atoms with Crippen LogP contribution in [0.1, 0.15) is 24.0 Å². The van der Waals surface area contributed by atoms with Gasteiger partial charge in [-0.3, -0.25) is 4.79 Å². The molecule has 2 heterocycles. The standard InChI is InChI=1S/C17H23FN2O3S/c1-12-15(18)6-5-13-4-3-7-20(17(12)13)16(21)10-14-11-24(22,23)9-8-19(14)2/h5-6,14H,3-4,7-11H2,1-2H3. The van der Waals surface area contributed by atoms with Crippen LogP contribution in [0.4, 0.5) is 10.1 Å². The van der Waals surface area contributed by atoms with E-state index in [0.29, 0.717) is 24.3 Å². The van der Waals surface area contributed by atoms with Crippen LogP contribution in [0.2, 0.25) is 0 Å². The van der Waals surface area contributed by atoms with E-state index in [1.165, 1.54) is 6.07 Å². The first-order chi connectivity index (χ1) is 11.3. The molecule has 0 spiro atoms. The quantitative estimate of drug-likeness (QED) is 0.808. The molecule has 0 bridgehead atoms. The Balaban J connectivity index is 1.83. The first-order valence-electron chi connectivity index (χ1n) is 8.27. The van der Waals surface area contributed by atoms with Crippen LogP contribution in [0.5, 0.6) is 0 Å². The zero-order valence-electron chi connectivity index (χ0n) is 14.1. The van der Waals surface area contributed by atoms with Crippen LogP contribution in [-0.2, 0) is 21.1 Å². The highest BCUT2D eigenvalue weighted by Gasteiger charge is 2.33. The Morgan fingerprint density at radius 3 is 2.83 bits per heavy atom. The molecule has 0 aliphatic carbocycles. The van der Waals surface area contributed by atoms with Crippen molar-refractivity contribution in [3.8, 4) is 0 Å². The van der Waals surface area contributed by atoms with E-state index >= 15 is 0 Å². The molecule has 0 aromatic heterocycles. The molecule has 0 saturated carbocycles. The molecule has 1 atom stereocenters. The van der Waals surface area contributed by atoms with Gasteiger partial charge in [0.1, 0.15) is 5.82 Å². The van der Waals surface area contributed by atoms with Crippen molar-refractivity contribution in [1.82, 2.24) is 4.90 Å². The number of amides is 1. The summed E-state index contributed by atoms with van der Waals surface area (Å²) in [5, 5.41) is 0. The van der Waals surface area contributed by atoms with Crippen molar-refractivity contribution in [2.45, 2.75) is 32.2 Å². The number of aryl methyl sites for hydroxylation is 1. The number of benzene rings is 1. The molecule has 2 aliphatic heterocycles. The Morgan fingerprint density at radius 2 is 2.08 bits per heavy atom. The summed E-state index contributed by atoms with van der Waals surface area (Å²) in [6.45, 7) is 2.70. The molecule has 3 rings (SSSR count). The molecule has 2 aliphatic rings. The third-order valence-corrected chi connectivity index (χ3v) is 6.78. The smallest absolute Gasteiger partial charge is 0.228 e. The minimum Gasteiger partial charge on any atom is -0.312 e. The number of fused-ring (bicyclic) bond motifs is 1. The lowest BCUT2D eigenvalue weighted by Gasteiger charge is -2.35. The molecule has 7 heteroatoms. The van der Waals surface area contributed by atoms with Gasteiger partial charge in [-0.15, -0.1) is 0 Å². The molecule has 24 heavy (non-hydrogen) atoms. The SMILES string of the molecule is Cc1c(F)ccc2c1N(C(=O)CC1CS(=O)(=O)CCN1C)CCC2. The zero-order valence-corrected chi connectivity index (χ0v) is 14.9. The maximum atomic E-state index is 13.9. The van der Waals surface area contributed by atoms with E-state index in [-0.39, 0.29) is 35.7 Å². The maximum absolute atomic E-state index is 13.9. The summed E-state index contributed by atoms with van der Waals surface area (Å²) in [6.07, 6.45) is 1.81. The molecular weight excluding hydrogens is 331 g/mol. The fourth-order valence-corrected chi connectivity index (χ4v) is 5.29. The number of hydrogen-bond donors (Lipinski definition) is 0. The summed E-state index contributed by atoms with van der Waals surface area (Å²) in [5.41, 5.74) is 2.15. The monoisotopic (exact) mass is 354 g/mol. The van der Waals surface area contributed by atoms with Gasteiger partial charge in [0.2, 0.25) is 5.91 Å². The molecule has 1 aromatic carbocycles. The predicted octanol–water partition coefficient (Wildman–Crippen LogP) is 1.53. The van der Waals surface area contributed by atoms with Gasteiger partial charge < -0.3 is 9.80 Å². The highest BCUT2D eigenvalue weighted by atomic mass is 32.2. The van der Waals surface area contributed by atoms with Crippen LogP contribution < -0.4 is 4.90 Å². The van der Waals surface area contributed by atoms with E-state index < -0.39 is 9.84 Å². The fraction of sp³-hybridized carbons (Fsp3) is 0.588. The molecule has 1 saturated heterocycles. The largest absolute Gasteiger partial charge is 0.312 e. The second-order valence-electron chi connectivity index (χ2n) is 6.78. The molecule has 5 nitrogen and oxygen atoms in total. The summed E-state index contributed by atoms with van der Waals surface area (Å²) in [5.74, 6) is -0.284. The minimum absolute atomic E-state index is 0.0120. The van der Waals surface area contributed by atoms with Gasteiger partial charge in [0.15, 0.2) is 9.84 Å². The average Bonchev–Trinajstić information content (AvgIpc) is 2.54. The van der Waals surface area contributed by atoms with Crippen molar-refractivity contribution in [3.63, 3.8) is 0 Å². The molecule has 1 unspecified atom stereocenters. The van der Waals surface area contributed by atoms with Crippen LogP contribution >= 0.6 is 0 Å². The maximum Gasteiger partial charge on any atom is 0.228 e. The minimum atomic E-state index is -3.09. The number of carbonyl (C=O) groups excluding carboxylic acids is 1. The number of anilines is 1. The number of sulfone groups is 1. The number of rotatable bonds is 2. The van der Waals surface area contributed by atoms with Gasteiger partial charge in [0.25, 0.3) is 0 Å². The summed E-state index contributed by atoms with van der Waals surface area (Å²) < 4.78 is 37.7. The fourth-order valence-electron chi connectivity index (χ4n) is 3.59. The lowest BCUT2D eigenvalue weighted by molar-refractivity contribution is -0.119. The Bertz CT molecular complexity index is 763. The first kappa shape index (κ1) is 17.4. The Morgan fingerprint density at radius 1 is 1.33 bits per heavy atom.